The van der Waals surface area contributed by atoms with E-state index in [1.54, 1.807) is 36.5 Å². The number of nitrogens with one attached hydrogen (secondary N) is 1. The molecule has 4 aromatic rings. The highest BCUT2D eigenvalue weighted by Gasteiger charge is 2.42. The van der Waals surface area contributed by atoms with Crippen molar-refractivity contribution < 1.29 is 8.78 Å². The number of halogens is 2. The minimum Gasteiger partial charge on any atom is -0.351 e. The van der Waals surface area contributed by atoms with Gasteiger partial charge < -0.3 is 14.8 Å². The summed E-state index contributed by atoms with van der Waals surface area (Å²) < 4.78 is 30.1. The lowest BCUT2D eigenvalue weighted by atomic mass is 10.0. The number of benzene rings is 2. The monoisotopic (exact) mass is 432 g/mol. The molecule has 4 nitrogen and oxygen atoms in total. The third-order valence-electron chi connectivity index (χ3n) is 5.40. The molecular weight excluding hydrogens is 414 g/mol. The molecule has 0 spiro atoms. The van der Waals surface area contributed by atoms with Crippen molar-refractivity contribution in [3.63, 3.8) is 0 Å². The molecule has 1 aliphatic rings. The van der Waals surface area contributed by atoms with Crippen molar-refractivity contribution in [2.75, 3.05) is 4.90 Å². The molecule has 1 fully saturated rings. The molecule has 0 amide bonds. The molecule has 3 heterocycles. The van der Waals surface area contributed by atoms with Crippen molar-refractivity contribution in [1.29, 1.82) is 0 Å². The fraction of sp³-hybridized carbons (Fsp3) is 0.0833. The zero-order chi connectivity index (χ0) is 21.4. The standard InChI is InChI=1S/C24H18F2N4S/c25-16-10-12-17(13-11-16)30-23(22(28-24(30)31)19-7-3-4-14-27-19)21-9-5-15-29(21)20-8-2-1-6-18(20)26/h1-15,22-23H,(H,28,31)/t22-,23-/m0/s1. The molecule has 1 saturated heterocycles. The molecule has 2 aromatic carbocycles. The number of aromatic nitrogens is 2. The van der Waals surface area contributed by atoms with Crippen molar-refractivity contribution in [3.8, 4) is 5.69 Å². The van der Waals surface area contributed by atoms with E-state index in [0.29, 0.717) is 10.8 Å². The Hall–Kier alpha value is -3.58. The van der Waals surface area contributed by atoms with E-state index in [2.05, 4.69) is 10.3 Å². The molecule has 2 aromatic heterocycles. The number of nitrogens with zero attached hydrogens (tertiary/aromatic N) is 3. The Labute approximate surface area is 183 Å². The minimum atomic E-state index is -0.331. The zero-order valence-electron chi connectivity index (χ0n) is 16.3. The van der Waals surface area contributed by atoms with E-state index in [1.165, 1.54) is 18.2 Å². The van der Waals surface area contributed by atoms with Gasteiger partial charge in [-0.1, -0.05) is 18.2 Å². The lowest BCUT2D eigenvalue weighted by Gasteiger charge is -2.29. The van der Waals surface area contributed by atoms with E-state index in [1.807, 2.05) is 46.0 Å². The molecule has 0 saturated carbocycles. The number of hydrogen-bond donors (Lipinski definition) is 1. The van der Waals surface area contributed by atoms with Crippen molar-refractivity contribution in [3.05, 3.63) is 114 Å². The van der Waals surface area contributed by atoms with Gasteiger partial charge in [-0.25, -0.2) is 8.78 Å². The molecular formula is C24H18F2N4S. The Morgan fingerprint density at radius 1 is 0.871 bits per heavy atom. The van der Waals surface area contributed by atoms with E-state index in [4.69, 9.17) is 12.2 Å². The van der Waals surface area contributed by atoms with Crippen molar-refractivity contribution in [1.82, 2.24) is 14.9 Å². The van der Waals surface area contributed by atoms with Crippen molar-refractivity contribution >= 4 is 23.0 Å². The molecule has 5 rings (SSSR count). The third kappa shape index (κ3) is 3.47. The van der Waals surface area contributed by atoms with Crippen LogP contribution in [0.2, 0.25) is 0 Å². The third-order valence-corrected chi connectivity index (χ3v) is 5.71. The molecule has 7 heteroatoms. The number of pyridine rings is 1. The van der Waals surface area contributed by atoms with Crippen LogP contribution in [0.25, 0.3) is 5.69 Å². The maximum absolute atomic E-state index is 14.7. The maximum Gasteiger partial charge on any atom is 0.174 e. The summed E-state index contributed by atoms with van der Waals surface area (Å²) >= 11 is 5.68. The van der Waals surface area contributed by atoms with Gasteiger partial charge in [0.2, 0.25) is 0 Å². The summed E-state index contributed by atoms with van der Waals surface area (Å²) in [5.41, 5.74) is 2.82. The highest BCUT2D eigenvalue weighted by atomic mass is 32.1. The lowest BCUT2D eigenvalue weighted by molar-refractivity contribution is 0.544. The van der Waals surface area contributed by atoms with E-state index in [9.17, 15) is 8.78 Å². The van der Waals surface area contributed by atoms with Crippen molar-refractivity contribution in [2.45, 2.75) is 12.1 Å². The van der Waals surface area contributed by atoms with Crippen molar-refractivity contribution in [2.24, 2.45) is 0 Å². The normalized spacial score (nSPS) is 18.3. The molecule has 154 valence electrons. The molecule has 0 unspecified atom stereocenters. The van der Waals surface area contributed by atoms with Gasteiger partial charge >= 0.3 is 0 Å². The average molecular weight is 432 g/mol. The number of para-hydroxylation sites is 1. The van der Waals surface area contributed by atoms with E-state index in [-0.39, 0.29) is 23.7 Å². The molecule has 0 aliphatic carbocycles. The zero-order valence-corrected chi connectivity index (χ0v) is 17.1. The van der Waals surface area contributed by atoms with Gasteiger partial charge in [0.25, 0.3) is 0 Å². The first-order valence-corrected chi connectivity index (χ1v) is 10.2. The average Bonchev–Trinajstić information content (AvgIpc) is 3.39. The molecule has 2 atom stereocenters. The molecule has 0 bridgehead atoms. The van der Waals surface area contributed by atoms with Crippen LogP contribution in [0.3, 0.4) is 0 Å². The fourth-order valence-corrected chi connectivity index (χ4v) is 4.38. The van der Waals surface area contributed by atoms with Crippen LogP contribution in [0.1, 0.15) is 23.5 Å². The van der Waals surface area contributed by atoms with Gasteiger partial charge in [0.1, 0.15) is 17.7 Å². The number of thiocarbonyl (C=S) groups is 1. The van der Waals surface area contributed by atoms with E-state index < -0.39 is 0 Å². The Balaban J connectivity index is 1.68. The molecule has 0 radical (unpaired) electrons. The van der Waals surface area contributed by atoms with E-state index in [0.717, 1.165) is 17.1 Å². The summed E-state index contributed by atoms with van der Waals surface area (Å²) in [6, 6.07) is 21.7. The number of hydrogen-bond acceptors (Lipinski definition) is 2. The summed E-state index contributed by atoms with van der Waals surface area (Å²) in [6.07, 6.45) is 3.56. The Kier molecular flexibility index (Phi) is 4.95. The molecule has 31 heavy (non-hydrogen) atoms. The first-order chi connectivity index (χ1) is 15.1. The second-order valence-corrected chi connectivity index (χ2v) is 7.61. The lowest BCUT2D eigenvalue weighted by Crippen LogP contribution is -2.30. The fourth-order valence-electron chi connectivity index (χ4n) is 4.04. The maximum atomic E-state index is 14.7. The topological polar surface area (TPSA) is 33.1 Å². The Bertz CT molecular complexity index is 1220. The Morgan fingerprint density at radius 3 is 2.39 bits per heavy atom. The van der Waals surface area contributed by atoms with Gasteiger partial charge in [-0.05, 0) is 72.9 Å². The predicted molar refractivity (Wildman–Crippen MR) is 120 cm³/mol. The van der Waals surface area contributed by atoms with E-state index >= 15 is 0 Å². The SMILES string of the molecule is Fc1ccc(N2C(=S)N[C@@H](c3ccccn3)[C@@H]2c2cccn2-c2ccccc2F)cc1. The molecule has 1 N–H and O–H groups in total. The second-order valence-electron chi connectivity index (χ2n) is 7.23. The van der Waals surface area contributed by atoms with Gasteiger partial charge in [-0.2, -0.15) is 0 Å². The smallest absolute Gasteiger partial charge is 0.174 e. The quantitative estimate of drug-likeness (QED) is 0.442. The van der Waals surface area contributed by atoms with Gasteiger partial charge in [0, 0.05) is 23.8 Å². The first kappa shape index (κ1) is 19.4. The minimum absolute atomic E-state index is 0.279. The summed E-state index contributed by atoms with van der Waals surface area (Å²) in [6.45, 7) is 0. The van der Waals surface area contributed by atoms with Gasteiger partial charge in [-0.15, -0.1) is 0 Å². The van der Waals surface area contributed by atoms with Crippen LogP contribution in [0.4, 0.5) is 14.5 Å². The van der Waals surface area contributed by atoms with Crippen LogP contribution >= 0.6 is 12.2 Å². The highest BCUT2D eigenvalue weighted by Crippen LogP contribution is 2.42. The van der Waals surface area contributed by atoms with Gasteiger partial charge in [0.15, 0.2) is 5.11 Å². The first-order valence-electron chi connectivity index (χ1n) is 9.82. The number of anilines is 1. The largest absolute Gasteiger partial charge is 0.351 e. The second kappa shape index (κ2) is 7.92. The summed E-state index contributed by atoms with van der Waals surface area (Å²) in [4.78, 5) is 6.46. The van der Waals surface area contributed by atoms with Crippen LogP contribution in [0.5, 0.6) is 0 Å². The van der Waals surface area contributed by atoms with Gasteiger partial charge in [0.05, 0.1) is 17.4 Å². The van der Waals surface area contributed by atoms with Crippen LogP contribution in [0.15, 0.2) is 91.3 Å². The van der Waals surface area contributed by atoms with Crippen LogP contribution in [0, 0.1) is 11.6 Å². The predicted octanol–water partition coefficient (Wildman–Crippen LogP) is 5.33. The van der Waals surface area contributed by atoms with Crippen LogP contribution in [-0.4, -0.2) is 14.7 Å². The highest BCUT2D eigenvalue weighted by molar-refractivity contribution is 7.80. The van der Waals surface area contributed by atoms with Crippen LogP contribution in [-0.2, 0) is 0 Å². The summed E-state index contributed by atoms with van der Waals surface area (Å²) in [7, 11) is 0. The number of rotatable bonds is 4. The summed E-state index contributed by atoms with van der Waals surface area (Å²) in [5.74, 6) is -0.648. The Morgan fingerprint density at radius 2 is 1.65 bits per heavy atom. The van der Waals surface area contributed by atoms with Crippen LogP contribution < -0.4 is 10.2 Å². The van der Waals surface area contributed by atoms with Gasteiger partial charge in [-0.3, -0.25) is 4.98 Å². The summed E-state index contributed by atoms with van der Waals surface area (Å²) in [5, 5.41) is 3.85. The molecule has 1 aliphatic heterocycles.